The molecule has 146 valence electrons. The van der Waals surface area contributed by atoms with Crippen molar-refractivity contribution in [2.45, 2.75) is 16.7 Å². The monoisotopic (exact) mass is 428 g/mol. The lowest BCUT2D eigenvalue weighted by Gasteiger charge is -2.35. The second-order valence-electron chi connectivity index (χ2n) is 6.24. The van der Waals surface area contributed by atoms with Crippen LogP contribution in [0.2, 0.25) is 5.02 Å². The van der Waals surface area contributed by atoms with E-state index in [1.165, 1.54) is 16.4 Å². The first kappa shape index (κ1) is 20.1. The van der Waals surface area contributed by atoms with Crippen molar-refractivity contribution in [1.82, 2.24) is 4.31 Å². The Labute approximate surface area is 165 Å². The normalized spacial score (nSPS) is 16.4. The Bertz CT molecular complexity index is 996. The van der Waals surface area contributed by atoms with Gasteiger partial charge in [0.15, 0.2) is 9.84 Å². The van der Waals surface area contributed by atoms with E-state index in [1.54, 1.807) is 43.3 Å². The summed E-state index contributed by atoms with van der Waals surface area (Å²) < 4.78 is 50.7. The van der Waals surface area contributed by atoms with Gasteiger partial charge >= 0.3 is 0 Å². The maximum absolute atomic E-state index is 12.7. The fourth-order valence-corrected chi connectivity index (χ4v) is 5.41. The summed E-state index contributed by atoms with van der Waals surface area (Å²) >= 11 is 5.83. The standard InChI is InChI=1S/C18H21ClN2O4S2/c1-2-26(22,23)17-9-5-16(6-10-17)20-11-13-21(14-12-20)27(24,25)18-7-3-15(19)4-8-18/h3-10H,2,11-14H2,1H3. The van der Waals surface area contributed by atoms with E-state index in [9.17, 15) is 16.8 Å². The fourth-order valence-electron chi connectivity index (χ4n) is 2.97. The van der Waals surface area contributed by atoms with Gasteiger partial charge in [0.1, 0.15) is 0 Å². The number of benzene rings is 2. The molecule has 0 unspecified atom stereocenters. The van der Waals surface area contributed by atoms with Gasteiger partial charge in [-0.2, -0.15) is 4.31 Å². The summed E-state index contributed by atoms with van der Waals surface area (Å²) in [5, 5.41) is 0.493. The van der Waals surface area contributed by atoms with Crippen LogP contribution in [0.4, 0.5) is 5.69 Å². The SMILES string of the molecule is CCS(=O)(=O)c1ccc(N2CCN(S(=O)(=O)c3ccc(Cl)cc3)CC2)cc1. The number of sulfone groups is 1. The first-order valence-corrected chi connectivity index (χ1v) is 12.0. The van der Waals surface area contributed by atoms with E-state index in [1.807, 2.05) is 0 Å². The lowest BCUT2D eigenvalue weighted by molar-refractivity contribution is 0.385. The lowest BCUT2D eigenvalue weighted by Crippen LogP contribution is -2.48. The average molecular weight is 429 g/mol. The van der Waals surface area contributed by atoms with E-state index in [0.29, 0.717) is 36.1 Å². The van der Waals surface area contributed by atoms with Crippen LogP contribution in [0.25, 0.3) is 0 Å². The molecule has 0 aromatic heterocycles. The highest BCUT2D eigenvalue weighted by Gasteiger charge is 2.28. The van der Waals surface area contributed by atoms with Crippen molar-refractivity contribution in [2.75, 3.05) is 36.8 Å². The molecule has 0 atom stereocenters. The first-order chi connectivity index (χ1) is 12.7. The van der Waals surface area contributed by atoms with Crippen molar-refractivity contribution in [1.29, 1.82) is 0 Å². The Hall–Kier alpha value is -1.61. The summed E-state index contributed by atoms with van der Waals surface area (Å²) in [6, 6.07) is 12.9. The molecule has 9 heteroatoms. The molecule has 6 nitrogen and oxygen atoms in total. The third-order valence-electron chi connectivity index (χ3n) is 4.63. The molecule has 1 aliphatic rings. The quantitative estimate of drug-likeness (QED) is 0.731. The van der Waals surface area contributed by atoms with Crippen molar-refractivity contribution in [3.8, 4) is 0 Å². The molecule has 3 rings (SSSR count). The van der Waals surface area contributed by atoms with E-state index in [-0.39, 0.29) is 10.6 Å². The lowest BCUT2D eigenvalue weighted by atomic mass is 10.2. The minimum Gasteiger partial charge on any atom is -0.369 e. The van der Waals surface area contributed by atoms with Gasteiger partial charge in [0.25, 0.3) is 0 Å². The molecule has 1 saturated heterocycles. The second-order valence-corrected chi connectivity index (χ2v) is 10.9. The van der Waals surface area contributed by atoms with Crippen molar-refractivity contribution in [2.24, 2.45) is 0 Å². The van der Waals surface area contributed by atoms with E-state index < -0.39 is 19.9 Å². The van der Waals surface area contributed by atoms with Crippen molar-refractivity contribution in [3.05, 3.63) is 53.6 Å². The van der Waals surface area contributed by atoms with E-state index >= 15 is 0 Å². The van der Waals surface area contributed by atoms with Crippen LogP contribution in [0.3, 0.4) is 0 Å². The van der Waals surface area contributed by atoms with Gasteiger partial charge in [0.2, 0.25) is 10.0 Å². The highest BCUT2D eigenvalue weighted by atomic mass is 35.5. The number of hydrogen-bond donors (Lipinski definition) is 0. The predicted molar refractivity (Wildman–Crippen MR) is 107 cm³/mol. The maximum atomic E-state index is 12.7. The third-order valence-corrected chi connectivity index (χ3v) is 8.55. The molecule has 0 radical (unpaired) electrons. The van der Waals surface area contributed by atoms with E-state index in [4.69, 9.17) is 11.6 Å². The molecule has 0 saturated carbocycles. The zero-order chi connectivity index (χ0) is 19.7. The Morgan fingerprint density at radius 2 is 1.33 bits per heavy atom. The molecule has 0 spiro atoms. The minimum atomic E-state index is -3.55. The van der Waals surface area contributed by atoms with E-state index in [2.05, 4.69) is 4.90 Å². The first-order valence-electron chi connectivity index (χ1n) is 8.57. The molecule has 0 N–H and O–H groups in total. The summed E-state index contributed by atoms with van der Waals surface area (Å²) in [5.74, 6) is 0.0631. The molecular weight excluding hydrogens is 408 g/mol. The van der Waals surface area contributed by atoms with Crippen LogP contribution in [0.5, 0.6) is 0 Å². The number of halogens is 1. The summed E-state index contributed by atoms with van der Waals surface area (Å²) in [5.41, 5.74) is 0.883. The molecular formula is C18H21ClN2O4S2. The van der Waals surface area contributed by atoms with Crippen LogP contribution in [0.1, 0.15) is 6.92 Å². The van der Waals surface area contributed by atoms with Gasteiger partial charge in [0, 0.05) is 36.9 Å². The minimum absolute atomic E-state index is 0.0631. The average Bonchev–Trinajstić information content (AvgIpc) is 2.68. The number of sulfonamides is 1. The highest BCUT2D eigenvalue weighted by Crippen LogP contribution is 2.23. The molecule has 1 heterocycles. The number of anilines is 1. The summed E-state index contributed by atoms with van der Waals surface area (Å²) in [7, 11) is -6.77. The van der Waals surface area contributed by atoms with Crippen LogP contribution in [0, 0.1) is 0 Å². The molecule has 2 aromatic carbocycles. The second kappa shape index (κ2) is 7.79. The molecule has 1 aliphatic heterocycles. The van der Waals surface area contributed by atoms with Gasteiger partial charge in [-0.3, -0.25) is 0 Å². The fraction of sp³-hybridized carbons (Fsp3) is 0.333. The zero-order valence-corrected chi connectivity index (χ0v) is 17.3. The highest BCUT2D eigenvalue weighted by molar-refractivity contribution is 7.91. The van der Waals surface area contributed by atoms with Crippen LogP contribution >= 0.6 is 11.6 Å². The molecule has 0 amide bonds. The van der Waals surface area contributed by atoms with Gasteiger partial charge in [0.05, 0.1) is 15.5 Å². The number of hydrogen-bond acceptors (Lipinski definition) is 5. The van der Waals surface area contributed by atoms with Crippen molar-refractivity contribution in [3.63, 3.8) is 0 Å². The predicted octanol–water partition coefficient (Wildman–Crippen LogP) is 2.64. The third kappa shape index (κ3) is 4.29. The van der Waals surface area contributed by atoms with E-state index in [0.717, 1.165) is 5.69 Å². The number of rotatable bonds is 5. The van der Waals surface area contributed by atoms with Crippen molar-refractivity contribution < 1.29 is 16.8 Å². The topological polar surface area (TPSA) is 74.8 Å². The molecule has 1 fully saturated rings. The van der Waals surface area contributed by atoms with Crippen LogP contribution in [-0.2, 0) is 19.9 Å². The summed E-state index contributed by atoms with van der Waals surface area (Å²) in [6.07, 6.45) is 0. The van der Waals surface area contributed by atoms with Crippen LogP contribution in [-0.4, -0.2) is 53.1 Å². The zero-order valence-electron chi connectivity index (χ0n) is 14.9. The van der Waals surface area contributed by atoms with Gasteiger partial charge in [-0.05, 0) is 48.5 Å². The van der Waals surface area contributed by atoms with Crippen LogP contribution in [0.15, 0.2) is 58.3 Å². The Kier molecular flexibility index (Phi) is 5.81. The number of piperazine rings is 1. The van der Waals surface area contributed by atoms with Crippen LogP contribution < -0.4 is 4.90 Å². The van der Waals surface area contributed by atoms with Gasteiger partial charge < -0.3 is 4.90 Å². The molecule has 27 heavy (non-hydrogen) atoms. The van der Waals surface area contributed by atoms with Gasteiger partial charge in [-0.25, -0.2) is 16.8 Å². The van der Waals surface area contributed by atoms with Gasteiger partial charge in [-0.15, -0.1) is 0 Å². The molecule has 2 aromatic rings. The molecule has 0 bridgehead atoms. The summed E-state index contributed by atoms with van der Waals surface area (Å²) in [4.78, 5) is 2.59. The Balaban J connectivity index is 1.69. The Morgan fingerprint density at radius 3 is 1.85 bits per heavy atom. The van der Waals surface area contributed by atoms with Gasteiger partial charge in [-0.1, -0.05) is 18.5 Å². The number of nitrogens with zero attached hydrogens (tertiary/aromatic N) is 2. The smallest absolute Gasteiger partial charge is 0.243 e. The van der Waals surface area contributed by atoms with Crippen molar-refractivity contribution >= 4 is 37.1 Å². The summed E-state index contributed by atoms with van der Waals surface area (Å²) in [6.45, 7) is 3.41. The Morgan fingerprint density at radius 1 is 0.815 bits per heavy atom. The largest absolute Gasteiger partial charge is 0.369 e. The maximum Gasteiger partial charge on any atom is 0.243 e. The molecule has 0 aliphatic carbocycles.